The summed E-state index contributed by atoms with van der Waals surface area (Å²) in [6.07, 6.45) is -43.2. The Bertz CT molecular complexity index is 926. The molecule has 3 atom stereocenters. The van der Waals surface area contributed by atoms with Gasteiger partial charge in [0.25, 0.3) is 11.2 Å². The maximum absolute atomic E-state index is 14.7. The summed E-state index contributed by atoms with van der Waals surface area (Å²) in [6.45, 7) is 6.56. The summed E-state index contributed by atoms with van der Waals surface area (Å²) < 4.78 is 213. The normalized spacial score (nSPS) is 23.8. The quantitative estimate of drug-likeness (QED) is 0.209. The predicted octanol–water partition coefficient (Wildman–Crippen LogP) is 8.45. The average molecular weight is 683 g/mol. The zero-order valence-corrected chi connectivity index (χ0v) is 24.1. The van der Waals surface area contributed by atoms with E-state index in [0.29, 0.717) is 0 Å². The van der Waals surface area contributed by atoms with Crippen molar-refractivity contribution in [1.82, 2.24) is 0 Å². The first-order valence-electron chi connectivity index (χ1n) is 13.0. The zero-order valence-electron chi connectivity index (χ0n) is 24.1. The number of esters is 1. The summed E-state index contributed by atoms with van der Waals surface area (Å²) in [7, 11) is 0. The van der Waals surface area contributed by atoms with Crippen molar-refractivity contribution in [2.24, 2.45) is 28.1 Å². The molecule has 0 bridgehead atoms. The highest BCUT2D eigenvalue weighted by Crippen LogP contribution is 2.60. The van der Waals surface area contributed by atoms with E-state index in [4.69, 9.17) is 0 Å². The molecule has 0 spiro atoms. The largest absolute Gasteiger partial charge is 0.462 e. The number of rotatable bonds is 7. The van der Waals surface area contributed by atoms with Crippen LogP contribution in [-0.4, -0.2) is 64.4 Å². The smallest absolute Gasteiger partial charge is 0.426 e. The molecule has 0 radical (unpaired) electrons. The number of halogens is 15. The minimum atomic E-state index is -6.80. The number of hydrogen-bond donors (Lipinski definition) is 2. The molecule has 262 valence electrons. The molecule has 44 heavy (non-hydrogen) atoms. The summed E-state index contributed by atoms with van der Waals surface area (Å²) in [5, 5.41) is 19.7. The van der Waals surface area contributed by atoms with Gasteiger partial charge in [-0.3, -0.25) is 4.79 Å². The van der Waals surface area contributed by atoms with Gasteiger partial charge in [-0.1, -0.05) is 48.0 Å². The lowest BCUT2D eigenvalue weighted by molar-refractivity contribution is -0.405. The van der Waals surface area contributed by atoms with E-state index >= 15 is 0 Å². The molecule has 1 rings (SSSR count). The Labute approximate surface area is 242 Å². The Morgan fingerprint density at radius 2 is 0.932 bits per heavy atom. The maximum Gasteiger partial charge on any atom is 0.426 e. The van der Waals surface area contributed by atoms with E-state index in [1.165, 1.54) is 20.8 Å². The third-order valence-corrected chi connectivity index (χ3v) is 8.66. The second-order valence-corrected chi connectivity index (χ2v) is 13.0. The van der Waals surface area contributed by atoms with E-state index in [1.54, 1.807) is 0 Å². The van der Waals surface area contributed by atoms with Gasteiger partial charge in [0.05, 0.1) is 0 Å². The first-order valence-corrected chi connectivity index (χ1v) is 13.0. The molecule has 2 N–H and O–H groups in total. The molecule has 4 nitrogen and oxygen atoms in total. The first-order chi connectivity index (χ1) is 19.0. The van der Waals surface area contributed by atoms with Gasteiger partial charge in [-0.25, -0.2) is 0 Å². The molecule has 0 heterocycles. The predicted molar refractivity (Wildman–Crippen MR) is 121 cm³/mol. The molecule has 0 aromatic carbocycles. The summed E-state index contributed by atoms with van der Waals surface area (Å²) in [5.74, 6) is -9.77. The minimum Gasteiger partial charge on any atom is -0.462 e. The van der Waals surface area contributed by atoms with Gasteiger partial charge < -0.3 is 14.9 Å². The molecule has 0 saturated heterocycles. The number of aliphatic hydroxyl groups is 2. The van der Waals surface area contributed by atoms with E-state index in [1.807, 2.05) is 0 Å². The highest BCUT2D eigenvalue weighted by Gasteiger charge is 2.79. The summed E-state index contributed by atoms with van der Waals surface area (Å²) in [4.78, 5) is 13.4. The Morgan fingerprint density at radius 1 is 0.614 bits per heavy atom. The van der Waals surface area contributed by atoms with Crippen LogP contribution in [0.2, 0.25) is 0 Å². The fourth-order valence-electron chi connectivity index (χ4n) is 5.67. The van der Waals surface area contributed by atoms with Crippen LogP contribution in [0.15, 0.2) is 0 Å². The lowest BCUT2D eigenvalue weighted by Gasteiger charge is -2.50. The second kappa shape index (κ2) is 11.5. The standard InChI is InChI=1S/C25H33F15O4/c1-7-17(5,6)11-18(16(2,3)4,21(26,27)28)15(41)44-14-9-12(19(42,22(29,30)31)23(32,33)34)8-13(10-14)20(43,24(35,36)37)25(38,39)40/h12-14,42-43H,7-11H2,1-6H3. The molecule has 3 unspecified atom stereocenters. The molecule has 0 aromatic heterocycles. The Morgan fingerprint density at radius 3 is 1.16 bits per heavy atom. The average Bonchev–Trinajstić information content (AvgIpc) is 2.76. The van der Waals surface area contributed by atoms with E-state index in [2.05, 4.69) is 4.74 Å². The van der Waals surface area contributed by atoms with Gasteiger partial charge in [-0.05, 0) is 36.5 Å². The highest BCUT2D eigenvalue weighted by atomic mass is 19.4. The van der Waals surface area contributed by atoms with Crippen molar-refractivity contribution in [3.05, 3.63) is 0 Å². The lowest BCUT2D eigenvalue weighted by atomic mass is 9.58. The minimum absolute atomic E-state index is 0.0316. The van der Waals surface area contributed by atoms with Crippen molar-refractivity contribution in [2.75, 3.05) is 0 Å². The third kappa shape index (κ3) is 6.87. The Balaban J connectivity index is 4.00. The topological polar surface area (TPSA) is 66.8 Å². The summed E-state index contributed by atoms with van der Waals surface area (Å²) >= 11 is 0. The van der Waals surface area contributed by atoms with E-state index in [0.717, 1.165) is 20.8 Å². The molecular weight excluding hydrogens is 649 g/mol. The molecular formula is C25H33F15O4. The molecule has 1 aliphatic rings. The van der Waals surface area contributed by atoms with Gasteiger partial charge >= 0.3 is 36.9 Å². The number of carbonyl (C=O) groups excluding carboxylic acids is 1. The molecule has 1 fully saturated rings. The van der Waals surface area contributed by atoms with Gasteiger partial charge in [-0.15, -0.1) is 0 Å². The van der Waals surface area contributed by atoms with Gasteiger partial charge in [0.15, 0.2) is 5.41 Å². The molecule has 0 aliphatic heterocycles. The van der Waals surface area contributed by atoms with Crippen molar-refractivity contribution in [1.29, 1.82) is 0 Å². The van der Waals surface area contributed by atoms with Crippen LogP contribution in [0.3, 0.4) is 0 Å². The molecule has 1 saturated carbocycles. The third-order valence-electron chi connectivity index (χ3n) is 8.66. The van der Waals surface area contributed by atoms with Crippen LogP contribution in [0.5, 0.6) is 0 Å². The van der Waals surface area contributed by atoms with E-state index < -0.39 is 108 Å². The Hall–Kier alpha value is -1.66. The van der Waals surface area contributed by atoms with Crippen LogP contribution in [0.25, 0.3) is 0 Å². The Kier molecular flexibility index (Phi) is 10.6. The van der Waals surface area contributed by atoms with Crippen molar-refractivity contribution >= 4 is 5.97 Å². The zero-order chi connectivity index (χ0) is 35.6. The molecule has 0 amide bonds. The van der Waals surface area contributed by atoms with Crippen molar-refractivity contribution < 1.29 is 85.6 Å². The number of ether oxygens (including phenoxy) is 1. The van der Waals surface area contributed by atoms with Gasteiger partial charge in [0, 0.05) is 11.8 Å². The first kappa shape index (κ1) is 40.4. The summed E-state index contributed by atoms with van der Waals surface area (Å²) in [5.41, 5.74) is -19.2. The number of alkyl halides is 15. The monoisotopic (exact) mass is 682 g/mol. The van der Waals surface area contributed by atoms with Crippen molar-refractivity contribution in [3.63, 3.8) is 0 Å². The van der Waals surface area contributed by atoms with Crippen LogP contribution >= 0.6 is 0 Å². The fourth-order valence-corrected chi connectivity index (χ4v) is 5.67. The number of hydrogen-bond acceptors (Lipinski definition) is 4. The van der Waals surface area contributed by atoms with E-state index in [-0.39, 0.29) is 6.42 Å². The van der Waals surface area contributed by atoms with Crippen LogP contribution in [0.1, 0.15) is 73.6 Å². The second-order valence-electron chi connectivity index (χ2n) is 13.0. The van der Waals surface area contributed by atoms with Crippen molar-refractivity contribution in [3.8, 4) is 0 Å². The van der Waals surface area contributed by atoms with E-state index in [9.17, 15) is 80.9 Å². The lowest BCUT2D eigenvalue weighted by Crippen LogP contribution is -2.67. The van der Waals surface area contributed by atoms with Gasteiger partial charge in [0.2, 0.25) is 0 Å². The molecule has 0 aromatic rings. The maximum atomic E-state index is 14.7. The molecule has 1 aliphatic carbocycles. The van der Waals surface area contributed by atoms with Crippen LogP contribution in [-0.2, 0) is 9.53 Å². The van der Waals surface area contributed by atoms with Crippen LogP contribution in [0, 0.1) is 28.1 Å². The van der Waals surface area contributed by atoms with Crippen LogP contribution < -0.4 is 0 Å². The fraction of sp³-hybridized carbons (Fsp3) is 0.960. The van der Waals surface area contributed by atoms with Gasteiger partial charge in [0.1, 0.15) is 6.10 Å². The molecule has 19 heteroatoms. The van der Waals surface area contributed by atoms with Crippen LogP contribution in [0.4, 0.5) is 65.9 Å². The highest BCUT2D eigenvalue weighted by molar-refractivity contribution is 5.79. The summed E-state index contributed by atoms with van der Waals surface area (Å²) in [6, 6.07) is 0. The van der Waals surface area contributed by atoms with Crippen molar-refractivity contribution in [2.45, 2.75) is 122 Å². The van der Waals surface area contributed by atoms with Gasteiger partial charge in [-0.2, -0.15) is 65.9 Å². The SMILES string of the molecule is CCC(C)(C)CC(C(=O)OC1CC(C(O)(C(F)(F)F)C(F)(F)F)CC(C(O)(C(F)(F)F)C(F)(F)F)C1)(C(C)(C)C)C(F)(F)F. The number of carbonyl (C=O) groups is 1.